The topological polar surface area (TPSA) is 93.5 Å². The summed E-state index contributed by atoms with van der Waals surface area (Å²) in [4.78, 5) is 14.5. The van der Waals surface area contributed by atoms with E-state index in [0.717, 1.165) is 18.4 Å². The van der Waals surface area contributed by atoms with Gasteiger partial charge < -0.3 is 10.2 Å². The maximum absolute atomic E-state index is 13.0. The number of halogens is 1. The molecule has 0 radical (unpaired) electrons. The maximum atomic E-state index is 13.0. The third-order valence-corrected chi connectivity index (χ3v) is 7.96. The molecule has 31 heavy (non-hydrogen) atoms. The Labute approximate surface area is 187 Å². The van der Waals surface area contributed by atoms with Gasteiger partial charge in [0.1, 0.15) is 6.07 Å². The predicted octanol–water partition coefficient (Wildman–Crippen LogP) is 3.38. The minimum Gasteiger partial charge on any atom is -0.331 e. The Morgan fingerprint density at radius 2 is 1.71 bits per heavy atom. The first-order chi connectivity index (χ1) is 14.9. The summed E-state index contributed by atoms with van der Waals surface area (Å²) in [5.74, 6) is 0.411. The van der Waals surface area contributed by atoms with Crippen LogP contribution in [-0.4, -0.2) is 49.8 Å². The van der Waals surface area contributed by atoms with E-state index in [0.29, 0.717) is 10.9 Å². The molecular weight excluding hydrogens is 436 g/mol. The number of piperazine rings is 1. The number of carbonyl (C=O) groups excluding carboxylic acids is 1. The zero-order valence-electron chi connectivity index (χ0n) is 16.9. The molecule has 0 spiro atoms. The number of hydrogen-bond acceptors (Lipinski definition) is 4. The molecule has 1 unspecified atom stereocenters. The number of nitrogens with zero attached hydrogens (tertiary/aromatic N) is 3. The number of carbonyl (C=O) groups is 1. The van der Waals surface area contributed by atoms with E-state index in [1.165, 1.54) is 16.4 Å². The number of amides is 2. The molecule has 1 heterocycles. The van der Waals surface area contributed by atoms with E-state index in [9.17, 15) is 18.5 Å². The van der Waals surface area contributed by atoms with Gasteiger partial charge in [0.05, 0.1) is 16.5 Å². The summed E-state index contributed by atoms with van der Waals surface area (Å²) in [6.07, 6.45) is 2.13. The standard InChI is InChI=1S/C22H23ClN4O3S/c23-19-9-7-17(8-10-19)21(16-5-6-16)25-22(28)26-11-13-27(14-12-26)31(29,30)20-4-2-1-3-18(20)15-24/h1-4,7-10,16,21H,5-6,11-14H2,(H,25,28). The van der Waals surface area contributed by atoms with Crippen LogP contribution in [0.4, 0.5) is 4.79 Å². The Morgan fingerprint density at radius 1 is 1.06 bits per heavy atom. The summed E-state index contributed by atoms with van der Waals surface area (Å²) in [6.45, 7) is 0.949. The van der Waals surface area contributed by atoms with Crippen molar-refractivity contribution in [1.82, 2.24) is 14.5 Å². The monoisotopic (exact) mass is 458 g/mol. The minimum atomic E-state index is -3.79. The van der Waals surface area contributed by atoms with Crippen molar-refractivity contribution in [2.45, 2.75) is 23.8 Å². The van der Waals surface area contributed by atoms with Gasteiger partial charge in [-0.3, -0.25) is 0 Å². The van der Waals surface area contributed by atoms with Crippen molar-refractivity contribution < 1.29 is 13.2 Å². The van der Waals surface area contributed by atoms with Crippen LogP contribution < -0.4 is 5.32 Å². The molecule has 7 nitrogen and oxygen atoms in total. The summed E-state index contributed by atoms with van der Waals surface area (Å²) in [5, 5.41) is 13.0. The van der Waals surface area contributed by atoms with Gasteiger partial charge in [-0.2, -0.15) is 9.57 Å². The van der Waals surface area contributed by atoms with Gasteiger partial charge in [-0.15, -0.1) is 0 Å². The van der Waals surface area contributed by atoms with Crippen molar-refractivity contribution in [3.05, 3.63) is 64.7 Å². The van der Waals surface area contributed by atoms with Crippen LogP contribution in [0.2, 0.25) is 5.02 Å². The molecular formula is C22H23ClN4O3S. The SMILES string of the molecule is N#Cc1ccccc1S(=O)(=O)N1CCN(C(=O)NC(c2ccc(Cl)cc2)C2CC2)CC1. The largest absolute Gasteiger partial charge is 0.331 e. The van der Waals surface area contributed by atoms with Crippen molar-refractivity contribution in [2.75, 3.05) is 26.2 Å². The summed E-state index contributed by atoms with van der Waals surface area (Å²) in [6, 6.07) is 15.4. The predicted molar refractivity (Wildman–Crippen MR) is 117 cm³/mol. The highest BCUT2D eigenvalue weighted by atomic mass is 35.5. The third kappa shape index (κ3) is 4.69. The molecule has 1 aliphatic carbocycles. The van der Waals surface area contributed by atoms with Crippen LogP contribution in [-0.2, 0) is 10.0 Å². The molecule has 1 N–H and O–H groups in total. The number of sulfonamides is 1. The van der Waals surface area contributed by atoms with Gasteiger partial charge in [0, 0.05) is 31.2 Å². The van der Waals surface area contributed by atoms with Crippen LogP contribution >= 0.6 is 11.6 Å². The van der Waals surface area contributed by atoms with E-state index < -0.39 is 10.0 Å². The number of nitriles is 1. The fraction of sp³-hybridized carbons (Fsp3) is 0.364. The molecule has 2 aromatic rings. The second-order valence-electron chi connectivity index (χ2n) is 7.82. The number of benzene rings is 2. The first-order valence-electron chi connectivity index (χ1n) is 10.2. The van der Waals surface area contributed by atoms with Crippen LogP contribution in [0, 0.1) is 17.2 Å². The van der Waals surface area contributed by atoms with Gasteiger partial charge in [0.25, 0.3) is 0 Å². The van der Waals surface area contributed by atoms with Gasteiger partial charge in [0.2, 0.25) is 10.0 Å². The Morgan fingerprint density at radius 3 is 2.32 bits per heavy atom. The van der Waals surface area contributed by atoms with Gasteiger partial charge in [0.15, 0.2) is 0 Å². The molecule has 162 valence electrons. The zero-order valence-corrected chi connectivity index (χ0v) is 18.4. The Hall–Kier alpha value is -2.60. The second kappa shape index (κ2) is 8.87. The highest BCUT2D eigenvalue weighted by Gasteiger charge is 2.36. The smallest absolute Gasteiger partial charge is 0.317 e. The van der Waals surface area contributed by atoms with Crippen LogP contribution in [0.3, 0.4) is 0 Å². The lowest BCUT2D eigenvalue weighted by molar-refractivity contribution is 0.167. The van der Waals surface area contributed by atoms with E-state index in [4.69, 9.17) is 11.6 Å². The first kappa shape index (κ1) is 21.6. The molecule has 1 atom stereocenters. The normalized spacial score (nSPS) is 18.3. The van der Waals surface area contributed by atoms with Crippen molar-refractivity contribution in [2.24, 2.45) is 5.92 Å². The lowest BCUT2D eigenvalue weighted by Crippen LogP contribution is -2.53. The fourth-order valence-electron chi connectivity index (χ4n) is 3.85. The Balaban J connectivity index is 1.41. The Bertz CT molecular complexity index is 1100. The van der Waals surface area contributed by atoms with Crippen molar-refractivity contribution in [3.8, 4) is 6.07 Å². The quantitative estimate of drug-likeness (QED) is 0.743. The summed E-state index contributed by atoms with van der Waals surface area (Å²) < 4.78 is 27.3. The van der Waals surface area contributed by atoms with E-state index in [-0.39, 0.29) is 48.7 Å². The second-order valence-corrected chi connectivity index (χ2v) is 10.2. The van der Waals surface area contributed by atoms with Gasteiger partial charge in [-0.25, -0.2) is 13.2 Å². The average molecular weight is 459 g/mol. The number of hydrogen-bond donors (Lipinski definition) is 1. The number of urea groups is 1. The molecule has 1 saturated carbocycles. The molecule has 0 bridgehead atoms. The molecule has 4 rings (SSSR count). The highest BCUT2D eigenvalue weighted by Crippen LogP contribution is 2.41. The minimum absolute atomic E-state index is 0.00642. The van der Waals surface area contributed by atoms with Crippen molar-refractivity contribution >= 4 is 27.7 Å². The molecule has 2 amide bonds. The fourth-order valence-corrected chi connectivity index (χ4v) is 5.54. The van der Waals surface area contributed by atoms with E-state index in [2.05, 4.69) is 5.32 Å². The zero-order chi connectivity index (χ0) is 22.0. The molecule has 2 fully saturated rings. The first-order valence-corrected chi connectivity index (χ1v) is 12.0. The van der Waals surface area contributed by atoms with Crippen LogP contribution in [0.5, 0.6) is 0 Å². The third-order valence-electron chi connectivity index (χ3n) is 5.75. The lowest BCUT2D eigenvalue weighted by atomic mass is 10.0. The summed E-state index contributed by atoms with van der Waals surface area (Å²) in [5.41, 5.74) is 1.15. The lowest BCUT2D eigenvalue weighted by Gasteiger charge is -2.35. The molecule has 0 aromatic heterocycles. The molecule has 9 heteroatoms. The van der Waals surface area contributed by atoms with Crippen molar-refractivity contribution in [3.63, 3.8) is 0 Å². The maximum Gasteiger partial charge on any atom is 0.317 e. The highest BCUT2D eigenvalue weighted by molar-refractivity contribution is 7.89. The average Bonchev–Trinajstić information content (AvgIpc) is 3.63. The van der Waals surface area contributed by atoms with Crippen molar-refractivity contribution in [1.29, 1.82) is 5.26 Å². The Kier molecular flexibility index (Phi) is 6.19. The van der Waals surface area contributed by atoms with Crippen LogP contribution in [0.25, 0.3) is 0 Å². The van der Waals surface area contributed by atoms with E-state index in [1.54, 1.807) is 17.0 Å². The molecule has 2 aliphatic rings. The van der Waals surface area contributed by atoms with Crippen LogP contribution in [0.1, 0.15) is 30.0 Å². The van der Waals surface area contributed by atoms with E-state index in [1.807, 2.05) is 30.3 Å². The van der Waals surface area contributed by atoms with Crippen LogP contribution in [0.15, 0.2) is 53.4 Å². The molecule has 1 aliphatic heterocycles. The number of nitrogens with one attached hydrogen (secondary N) is 1. The van der Waals surface area contributed by atoms with Gasteiger partial charge in [-0.1, -0.05) is 35.9 Å². The molecule has 1 saturated heterocycles. The number of rotatable bonds is 5. The summed E-state index contributed by atoms with van der Waals surface area (Å²) >= 11 is 5.99. The summed E-state index contributed by atoms with van der Waals surface area (Å²) in [7, 11) is -3.79. The molecule has 2 aromatic carbocycles. The van der Waals surface area contributed by atoms with Gasteiger partial charge in [-0.05, 0) is 48.6 Å². The van der Waals surface area contributed by atoms with E-state index >= 15 is 0 Å². The van der Waals surface area contributed by atoms with Gasteiger partial charge >= 0.3 is 6.03 Å².